The molecule has 2 aromatic carbocycles. The molecule has 0 spiro atoms. The number of carbonyl (C=O) groups excluding carboxylic acids is 1. The number of aryl methyl sites for hydroxylation is 1. The van der Waals surface area contributed by atoms with Crippen LogP contribution in [0, 0.1) is 12.8 Å². The highest BCUT2D eigenvalue weighted by Gasteiger charge is 2.36. The first-order valence-electron chi connectivity index (χ1n) is 13.9. The van der Waals surface area contributed by atoms with Crippen LogP contribution in [0.2, 0.25) is 0 Å². The average molecular weight is 591 g/mol. The van der Waals surface area contributed by atoms with Gasteiger partial charge in [-0.25, -0.2) is 19.9 Å². The topological polar surface area (TPSA) is 122 Å². The van der Waals surface area contributed by atoms with Crippen molar-refractivity contribution in [1.29, 1.82) is 0 Å². The van der Waals surface area contributed by atoms with Gasteiger partial charge in [-0.15, -0.1) is 0 Å². The van der Waals surface area contributed by atoms with Gasteiger partial charge < -0.3 is 16.4 Å². The predicted molar refractivity (Wildman–Crippen MR) is 159 cm³/mol. The van der Waals surface area contributed by atoms with Crippen molar-refractivity contribution in [3.05, 3.63) is 89.6 Å². The molecular weight excluding hydrogens is 557 g/mol. The van der Waals surface area contributed by atoms with Crippen LogP contribution in [-0.4, -0.2) is 49.4 Å². The van der Waals surface area contributed by atoms with Gasteiger partial charge in [0, 0.05) is 59.7 Å². The van der Waals surface area contributed by atoms with Crippen LogP contribution >= 0.6 is 0 Å². The number of nitrogens with two attached hydrogens (primary N) is 1. The number of benzene rings is 2. The first-order valence-corrected chi connectivity index (χ1v) is 13.9. The van der Waals surface area contributed by atoms with E-state index in [0.717, 1.165) is 23.6 Å². The Morgan fingerprint density at radius 2 is 1.86 bits per heavy atom. The van der Waals surface area contributed by atoms with E-state index in [1.54, 1.807) is 42.9 Å². The fourth-order valence-electron chi connectivity index (χ4n) is 5.11. The smallest absolute Gasteiger partial charge is 0.325 e. The van der Waals surface area contributed by atoms with Crippen molar-refractivity contribution in [1.82, 2.24) is 24.8 Å². The largest absolute Gasteiger partial charge is 0.416 e. The van der Waals surface area contributed by atoms with Crippen LogP contribution in [0.3, 0.4) is 0 Å². The minimum absolute atomic E-state index is 0.0883. The highest BCUT2D eigenvalue weighted by Crippen LogP contribution is 2.35. The van der Waals surface area contributed by atoms with E-state index in [1.807, 2.05) is 25.7 Å². The second-order valence-corrected chi connectivity index (χ2v) is 11.4. The van der Waals surface area contributed by atoms with E-state index in [2.05, 4.69) is 30.6 Å². The number of aromatic nitrogens is 4. The zero-order chi connectivity index (χ0) is 30.8. The van der Waals surface area contributed by atoms with Crippen LogP contribution in [0.1, 0.15) is 47.3 Å². The summed E-state index contributed by atoms with van der Waals surface area (Å²) >= 11 is 0. The van der Waals surface area contributed by atoms with Gasteiger partial charge in [0.2, 0.25) is 5.95 Å². The molecule has 0 bridgehead atoms. The number of amides is 1. The second-order valence-electron chi connectivity index (χ2n) is 11.4. The predicted octanol–water partition coefficient (Wildman–Crippen LogP) is 5.82. The van der Waals surface area contributed by atoms with E-state index in [-0.39, 0.29) is 23.6 Å². The highest BCUT2D eigenvalue weighted by molar-refractivity contribution is 6.04. The van der Waals surface area contributed by atoms with Crippen molar-refractivity contribution in [2.24, 2.45) is 11.7 Å². The Balaban J connectivity index is 1.31. The first-order chi connectivity index (χ1) is 20.4. The summed E-state index contributed by atoms with van der Waals surface area (Å²) in [7, 11) is 0. The van der Waals surface area contributed by atoms with Crippen LogP contribution in [0.4, 0.5) is 30.5 Å². The molecule has 1 saturated heterocycles. The molecule has 0 aliphatic carbocycles. The molecule has 1 atom stereocenters. The molecule has 3 heterocycles. The van der Waals surface area contributed by atoms with Gasteiger partial charge in [-0.3, -0.25) is 9.69 Å². The molecule has 0 unspecified atom stereocenters. The molecule has 1 amide bonds. The quantitative estimate of drug-likeness (QED) is 0.235. The minimum Gasteiger partial charge on any atom is -0.325 e. The van der Waals surface area contributed by atoms with Crippen molar-refractivity contribution < 1.29 is 18.0 Å². The maximum atomic E-state index is 14.1. The van der Waals surface area contributed by atoms with Crippen molar-refractivity contribution >= 4 is 23.2 Å². The maximum Gasteiger partial charge on any atom is 0.416 e. The number of nitrogens with zero attached hydrogens (tertiary/aromatic N) is 5. The van der Waals surface area contributed by atoms with Gasteiger partial charge in [0.15, 0.2) is 0 Å². The number of nitrogens with one attached hydrogen (secondary N) is 2. The number of halogens is 3. The lowest BCUT2D eigenvalue weighted by Crippen LogP contribution is -2.42. The minimum atomic E-state index is -4.61. The van der Waals surface area contributed by atoms with Gasteiger partial charge in [0.1, 0.15) is 6.33 Å². The Labute approximate surface area is 247 Å². The Hall–Kier alpha value is -4.42. The Bertz CT molecular complexity index is 1610. The highest BCUT2D eigenvalue weighted by atomic mass is 19.4. The molecule has 0 saturated carbocycles. The summed E-state index contributed by atoms with van der Waals surface area (Å²) in [5.41, 5.74) is 8.27. The van der Waals surface area contributed by atoms with Gasteiger partial charge >= 0.3 is 6.18 Å². The van der Waals surface area contributed by atoms with Gasteiger partial charge in [0.05, 0.1) is 11.3 Å². The lowest BCUT2D eigenvalue weighted by molar-refractivity contribution is -0.138. The number of carbonyl (C=O) groups is 1. The van der Waals surface area contributed by atoms with E-state index >= 15 is 0 Å². The SMILES string of the molecule is Cc1ccc(NC(=O)c2ccc(CN3CC[C@@H](C(C)(C)N)C3)c(C(F)(F)F)c2)cc1Nc1nccc(-c2cncnc2)n1. The van der Waals surface area contributed by atoms with Gasteiger partial charge in [-0.1, -0.05) is 12.1 Å². The Morgan fingerprint density at radius 1 is 1.09 bits per heavy atom. The zero-order valence-electron chi connectivity index (χ0n) is 24.1. The summed E-state index contributed by atoms with van der Waals surface area (Å²) in [6.45, 7) is 7.18. The molecule has 12 heteroatoms. The normalized spacial score (nSPS) is 15.8. The molecular formula is C31H33F3N8O. The Morgan fingerprint density at radius 3 is 2.56 bits per heavy atom. The molecule has 224 valence electrons. The molecule has 4 aromatic rings. The number of anilines is 3. The van der Waals surface area contributed by atoms with E-state index in [0.29, 0.717) is 36.1 Å². The van der Waals surface area contributed by atoms with E-state index in [4.69, 9.17) is 5.73 Å². The molecule has 43 heavy (non-hydrogen) atoms. The van der Waals surface area contributed by atoms with Crippen LogP contribution in [0.15, 0.2) is 67.4 Å². The number of hydrogen-bond acceptors (Lipinski definition) is 8. The van der Waals surface area contributed by atoms with Crippen LogP contribution in [0.25, 0.3) is 11.3 Å². The first kappa shape index (κ1) is 30.1. The monoisotopic (exact) mass is 590 g/mol. The van der Waals surface area contributed by atoms with Crippen molar-refractivity contribution in [2.75, 3.05) is 23.7 Å². The molecule has 4 N–H and O–H groups in total. The standard InChI is InChI=1S/C31H33F3N8O/c1-19-4-7-24(13-27(19)41-29-38-10-8-26(40-29)22-14-36-18-37-15-22)39-28(43)20-5-6-21(25(12-20)31(32,33)34)16-42-11-9-23(17-42)30(2,3)35/h4-8,10,12-15,18,23H,9,11,16-17,35H2,1-3H3,(H,39,43)(H,38,40,41)/t23-/m1/s1. The Kier molecular flexibility index (Phi) is 8.43. The zero-order valence-corrected chi connectivity index (χ0v) is 24.1. The number of hydrogen-bond donors (Lipinski definition) is 3. The third-order valence-electron chi connectivity index (χ3n) is 7.65. The molecule has 2 aromatic heterocycles. The van der Waals surface area contributed by atoms with Crippen LogP contribution < -0.4 is 16.4 Å². The molecule has 1 fully saturated rings. The van der Waals surface area contributed by atoms with Crippen LogP contribution in [-0.2, 0) is 12.7 Å². The lowest BCUT2D eigenvalue weighted by atomic mass is 9.88. The second kappa shape index (κ2) is 12.1. The summed E-state index contributed by atoms with van der Waals surface area (Å²) in [5.74, 6) is -0.132. The van der Waals surface area contributed by atoms with Gasteiger partial charge in [0.25, 0.3) is 5.91 Å². The summed E-state index contributed by atoms with van der Waals surface area (Å²) in [6, 6.07) is 10.6. The molecule has 1 aliphatic heterocycles. The van der Waals surface area contributed by atoms with Crippen molar-refractivity contribution in [2.45, 2.75) is 45.5 Å². The third kappa shape index (κ3) is 7.33. The molecule has 0 radical (unpaired) electrons. The van der Waals surface area contributed by atoms with Gasteiger partial charge in [-0.2, -0.15) is 13.2 Å². The van der Waals surface area contributed by atoms with Gasteiger partial charge in [-0.05, 0) is 81.1 Å². The van der Waals surface area contributed by atoms with E-state index in [1.165, 1.54) is 18.5 Å². The number of rotatable bonds is 8. The fraction of sp³-hybridized carbons (Fsp3) is 0.323. The van der Waals surface area contributed by atoms with E-state index in [9.17, 15) is 18.0 Å². The fourth-order valence-corrected chi connectivity index (χ4v) is 5.11. The number of likely N-dealkylation sites (tertiary alicyclic amines) is 1. The van der Waals surface area contributed by atoms with Crippen LogP contribution in [0.5, 0.6) is 0 Å². The molecule has 9 nitrogen and oxygen atoms in total. The summed E-state index contributed by atoms with van der Waals surface area (Å²) in [5, 5.41) is 5.86. The molecule has 5 rings (SSSR count). The maximum absolute atomic E-state index is 14.1. The summed E-state index contributed by atoms with van der Waals surface area (Å²) in [6.07, 6.45) is 2.53. The van der Waals surface area contributed by atoms with E-state index < -0.39 is 23.2 Å². The third-order valence-corrected chi connectivity index (χ3v) is 7.65. The number of alkyl halides is 3. The van der Waals surface area contributed by atoms with Crippen molar-refractivity contribution in [3.8, 4) is 11.3 Å². The lowest BCUT2D eigenvalue weighted by Gasteiger charge is -2.27. The average Bonchev–Trinajstić information content (AvgIpc) is 3.44. The van der Waals surface area contributed by atoms with Crippen molar-refractivity contribution in [3.63, 3.8) is 0 Å². The summed E-state index contributed by atoms with van der Waals surface area (Å²) < 4.78 is 42.3. The summed E-state index contributed by atoms with van der Waals surface area (Å²) in [4.78, 5) is 31.9. The molecule has 1 aliphatic rings.